The molecule has 1 aliphatic carbocycles. The Morgan fingerprint density at radius 1 is 1.20 bits per heavy atom. The summed E-state index contributed by atoms with van der Waals surface area (Å²) >= 11 is 0. The average molecular weight is 206 g/mol. The molecule has 2 atom stereocenters. The van der Waals surface area contributed by atoms with E-state index < -0.39 is 0 Å². The van der Waals surface area contributed by atoms with E-state index in [0.717, 1.165) is 6.42 Å². The van der Waals surface area contributed by atoms with Gasteiger partial charge in [-0.05, 0) is 30.4 Å². The van der Waals surface area contributed by atoms with Crippen molar-refractivity contribution in [3.63, 3.8) is 0 Å². The summed E-state index contributed by atoms with van der Waals surface area (Å²) in [5.74, 6) is 0.428. The van der Waals surface area contributed by atoms with Gasteiger partial charge < -0.3 is 0 Å². The number of benzene rings is 1. The molecule has 1 fully saturated rings. The number of hydrogen-bond donors (Lipinski definition) is 0. The van der Waals surface area contributed by atoms with Gasteiger partial charge in [0.1, 0.15) is 12.7 Å². The van der Waals surface area contributed by atoms with Crippen molar-refractivity contribution in [2.75, 3.05) is 6.61 Å². The van der Waals surface area contributed by atoms with Gasteiger partial charge in [-0.15, -0.1) is 0 Å². The van der Waals surface area contributed by atoms with Crippen LogP contribution in [0.5, 0.6) is 0 Å². The first-order valence-corrected chi connectivity index (χ1v) is 5.48. The molecular formula is C12H14O3. The molecule has 0 amide bonds. The first-order valence-electron chi connectivity index (χ1n) is 5.48. The molecule has 1 aromatic rings. The van der Waals surface area contributed by atoms with E-state index in [1.807, 2.05) is 0 Å². The number of rotatable bonds is 1. The maximum atomic E-state index is 5.13. The lowest BCUT2D eigenvalue weighted by Gasteiger charge is -2.27. The Morgan fingerprint density at radius 2 is 2.13 bits per heavy atom. The lowest BCUT2D eigenvalue weighted by Crippen LogP contribution is -2.24. The predicted molar refractivity (Wildman–Crippen MR) is 54.0 cm³/mol. The van der Waals surface area contributed by atoms with E-state index in [9.17, 15) is 0 Å². The molecular weight excluding hydrogens is 192 g/mol. The molecule has 80 valence electrons. The van der Waals surface area contributed by atoms with Crippen molar-refractivity contribution in [1.29, 1.82) is 0 Å². The average Bonchev–Trinajstić information content (AvgIpc) is 2.82. The highest BCUT2D eigenvalue weighted by Gasteiger charge is 2.32. The van der Waals surface area contributed by atoms with Crippen LogP contribution < -0.4 is 0 Å². The Morgan fingerprint density at radius 3 is 3.00 bits per heavy atom. The second-order valence-electron chi connectivity index (χ2n) is 4.18. The normalized spacial score (nSPS) is 30.1. The molecule has 3 heteroatoms. The van der Waals surface area contributed by atoms with Crippen LogP contribution in [0.1, 0.15) is 29.9 Å². The van der Waals surface area contributed by atoms with Crippen molar-refractivity contribution < 1.29 is 14.8 Å². The molecule has 0 spiro atoms. The van der Waals surface area contributed by atoms with E-state index >= 15 is 0 Å². The van der Waals surface area contributed by atoms with Gasteiger partial charge in [0.05, 0.1) is 0 Å². The lowest BCUT2D eigenvalue weighted by molar-refractivity contribution is -0.461. The van der Waals surface area contributed by atoms with Gasteiger partial charge in [0.25, 0.3) is 0 Å². The quantitative estimate of drug-likeness (QED) is 0.660. The second kappa shape index (κ2) is 3.93. The summed E-state index contributed by atoms with van der Waals surface area (Å²) in [5.41, 5.74) is 2.85. The topological polar surface area (TPSA) is 27.7 Å². The highest BCUT2D eigenvalue weighted by atomic mass is 17.5. The van der Waals surface area contributed by atoms with Crippen LogP contribution in [0.3, 0.4) is 0 Å². The van der Waals surface area contributed by atoms with E-state index in [2.05, 4.69) is 29.3 Å². The minimum absolute atomic E-state index is 0.0615. The molecule has 3 rings (SSSR count). The Kier molecular flexibility index (Phi) is 2.44. The number of fused-ring (bicyclic) bond motifs is 1. The molecule has 0 aromatic heterocycles. The summed E-state index contributed by atoms with van der Waals surface area (Å²) in [6, 6.07) is 8.59. The molecule has 0 bridgehead atoms. The van der Waals surface area contributed by atoms with Gasteiger partial charge >= 0.3 is 0 Å². The largest absolute Gasteiger partial charge is 0.203 e. The Bertz CT molecular complexity index is 344. The van der Waals surface area contributed by atoms with Crippen molar-refractivity contribution >= 4 is 0 Å². The minimum atomic E-state index is 0.0615. The fourth-order valence-electron chi connectivity index (χ4n) is 2.56. The van der Waals surface area contributed by atoms with E-state index in [1.54, 1.807) is 0 Å². The highest BCUT2D eigenvalue weighted by Crippen LogP contribution is 2.36. The smallest absolute Gasteiger partial charge is 0.129 e. The molecule has 0 N–H and O–H groups in total. The maximum absolute atomic E-state index is 5.13. The van der Waals surface area contributed by atoms with Gasteiger partial charge in [-0.3, -0.25) is 0 Å². The van der Waals surface area contributed by atoms with Gasteiger partial charge in [0, 0.05) is 5.92 Å². The van der Waals surface area contributed by atoms with Crippen LogP contribution in [0.2, 0.25) is 0 Å². The van der Waals surface area contributed by atoms with Crippen LogP contribution in [0.4, 0.5) is 0 Å². The van der Waals surface area contributed by atoms with Crippen molar-refractivity contribution in [1.82, 2.24) is 0 Å². The Balaban J connectivity index is 1.91. The monoisotopic (exact) mass is 206 g/mol. The maximum Gasteiger partial charge on any atom is 0.129 e. The molecule has 1 saturated heterocycles. The zero-order chi connectivity index (χ0) is 10.1. The molecule has 1 heterocycles. The van der Waals surface area contributed by atoms with Crippen LogP contribution in [-0.4, -0.2) is 12.7 Å². The second-order valence-corrected chi connectivity index (χ2v) is 4.18. The molecule has 2 unspecified atom stereocenters. The van der Waals surface area contributed by atoms with Gasteiger partial charge in [0.15, 0.2) is 0 Å². The Hall–Kier alpha value is -0.900. The summed E-state index contributed by atoms with van der Waals surface area (Å²) in [4.78, 5) is 9.93. The van der Waals surface area contributed by atoms with Crippen molar-refractivity contribution in [3.05, 3.63) is 35.4 Å². The van der Waals surface area contributed by atoms with Gasteiger partial charge in [0.2, 0.25) is 0 Å². The van der Waals surface area contributed by atoms with Gasteiger partial charge in [-0.2, -0.15) is 4.89 Å². The molecule has 0 saturated carbocycles. The summed E-state index contributed by atoms with van der Waals surface area (Å²) < 4.78 is 0. The van der Waals surface area contributed by atoms with E-state index in [0.29, 0.717) is 12.5 Å². The van der Waals surface area contributed by atoms with E-state index in [4.69, 9.17) is 9.78 Å². The first kappa shape index (κ1) is 9.33. The summed E-state index contributed by atoms with van der Waals surface area (Å²) in [5, 5.41) is 4.53. The fraction of sp³-hybridized carbons (Fsp3) is 0.500. The SMILES string of the molecule is c1ccc2c(c1)CCCC2C1COOO1. The predicted octanol–water partition coefficient (Wildman–Crippen LogP) is 2.37. The van der Waals surface area contributed by atoms with Crippen LogP contribution >= 0.6 is 0 Å². The summed E-state index contributed by atoms with van der Waals surface area (Å²) in [6.07, 6.45) is 3.63. The third-order valence-corrected chi connectivity index (χ3v) is 3.31. The van der Waals surface area contributed by atoms with Gasteiger partial charge in [-0.25, -0.2) is 4.89 Å². The standard InChI is InChI=1S/C12H14O3/c1-2-6-10-9(4-1)5-3-7-11(10)12-8-13-15-14-12/h1-2,4,6,11-12H,3,5,7-8H2. The van der Waals surface area contributed by atoms with Gasteiger partial charge in [-0.1, -0.05) is 29.3 Å². The molecule has 15 heavy (non-hydrogen) atoms. The van der Waals surface area contributed by atoms with Crippen molar-refractivity contribution in [2.45, 2.75) is 31.3 Å². The third-order valence-electron chi connectivity index (χ3n) is 3.31. The van der Waals surface area contributed by atoms with Crippen LogP contribution in [0.25, 0.3) is 0 Å². The lowest BCUT2D eigenvalue weighted by atomic mass is 9.80. The van der Waals surface area contributed by atoms with Crippen LogP contribution in [-0.2, 0) is 21.2 Å². The highest BCUT2D eigenvalue weighted by molar-refractivity contribution is 5.33. The zero-order valence-corrected chi connectivity index (χ0v) is 8.52. The van der Waals surface area contributed by atoms with Crippen LogP contribution in [0, 0.1) is 0 Å². The van der Waals surface area contributed by atoms with Crippen molar-refractivity contribution in [2.24, 2.45) is 0 Å². The zero-order valence-electron chi connectivity index (χ0n) is 8.52. The minimum Gasteiger partial charge on any atom is -0.203 e. The molecule has 2 aliphatic rings. The number of aryl methyl sites for hydroxylation is 1. The first-order chi connectivity index (χ1) is 7.45. The fourth-order valence-corrected chi connectivity index (χ4v) is 2.56. The molecule has 1 aromatic carbocycles. The molecule has 0 radical (unpaired) electrons. The number of hydrogen-bond acceptors (Lipinski definition) is 3. The van der Waals surface area contributed by atoms with E-state index in [1.165, 1.54) is 24.0 Å². The van der Waals surface area contributed by atoms with Crippen molar-refractivity contribution in [3.8, 4) is 0 Å². The summed E-state index contributed by atoms with van der Waals surface area (Å²) in [6.45, 7) is 0.541. The van der Waals surface area contributed by atoms with E-state index in [-0.39, 0.29) is 6.10 Å². The molecule has 3 nitrogen and oxygen atoms in total. The third kappa shape index (κ3) is 1.67. The molecule has 1 aliphatic heterocycles. The Labute approximate surface area is 88.8 Å². The summed E-state index contributed by atoms with van der Waals surface area (Å²) in [7, 11) is 0. The van der Waals surface area contributed by atoms with Crippen LogP contribution in [0.15, 0.2) is 24.3 Å².